The van der Waals surface area contributed by atoms with Gasteiger partial charge < -0.3 is 15.1 Å². The normalized spacial score (nSPS) is 34.4. The molecule has 2 aliphatic rings. The molecule has 2 fully saturated rings. The van der Waals surface area contributed by atoms with Crippen LogP contribution in [-0.4, -0.2) is 45.3 Å². The summed E-state index contributed by atoms with van der Waals surface area (Å²) >= 11 is 0. The molecule has 2 N–H and O–H groups in total. The van der Waals surface area contributed by atoms with Gasteiger partial charge in [0.05, 0.1) is 5.60 Å². The summed E-state index contributed by atoms with van der Waals surface area (Å²) in [5.41, 5.74) is -1.86. The topological polar surface area (TPSA) is 60.8 Å². The molecule has 4 heteroatoms. The summed E-state index contributed by atoms with van der Waals surface area (Å²) in [6.07, 6.45) is 4.73. The van der Waals surface area contributed by atoms with E-state index in [1.54, 1.807) is 4.90 Å². The van der Waals surface area contributed by atoms with E-state index >= 15 is 0 Å². The summed E-state index contributed by atoms with van der Waals surface area (Å²) in [4.78, 5) is 13.7. The molecule has 0 radical (unpaired) electrons. The molecule has 17 heavy (non-hydrogen) atoms. The van der Waals surface area contributed by atoms with Crippen LogP contribution in [0.5, 0.6) is 0 Å². The van der Waals surface area contributed by atoms with Crippen LogP contribution in [0.1, 0.15) is 46.0 Å². The lowest BCUT2D eigenvalue weighted by Gasteiger charge is -2.48. The Hall–Kier alpha value is -0.610. The van der Waals surface area contributed by atoms with Gasteiger partial charge >= 0.3 is 0 Å². The van der Waals surface area contributed by atoms with Crippen molar-refractivity contribution in [1.29, 1.82) is 0 Å². The van der Waals surface area contributed by atoms with Gasteiger partial charge in [-0.1, -0.05) is 12.8 Å². The number of likely N-dealkylation sites (tertiary alicyclic amines) is 1. The maximum absolute atomic E-state index is 12.0. The molecule has 0 aromatic carbocycles. The predicted octanol–water partition coefficient (Wildman–Crippen LogP) is 0.911. The molecular weight excluding hydrogens is 218 g/mol. The van der Waals surface area contributed by atoms with Gasteiger partial charge in [-0.3, -0.25) is 4.79 Å². The van der Waals surface area contributed by atoms with Gasteiger partial charge in [-0.25, -0.2) is 0 Å². The molecule has 1 saturated heterocycles. The zero-order valence-electron chi connectivity index (χ0n) is 10.8. The smallest absolute Gasteiger partial charge is 0.253 e. The van der Waals surface area contributed by atoms with E-state index in [1.165, 1.54) is 13.8 Å². The van der Waals surface area contributed by atoms with Crippen LogP contribution in [-0.2, 0) is 4.79 Å². The lowest BCUT2D eigenvalue weighted by Crippen LogP contribution is -2.57. The minimum absolute atomic E-state index is 0.191. The SMILES string of the molecule is CC(C)(O)C(=O)N1CCC2(O)CCCCC2C1. The monoisotopic (exact) mass is 241 g/mol. The second-order valence-electron chi connectivity index (χ2n) is 6.11. The Morgan fingerprint density at radius 2 is 2.06 bits per heavy atom. The predicted molar refractivity (Wildman–Crippen MR) is 64.4 cm³/mol. The summed E-state index contributed by atoms with van der Waals surface area (Å²) in [6, 6.07) is 0. The van der Waals surface area contributed by atoms with Gasteiger partial charge in [0, 0.05) is 19.0 Å². The number of hydrogen-bond acceptors (Lipinski definition) is 3. The largest absolute Gasteiger partial charge is 0.389 e. The molecule has 0 spiro atoms. The average molecular weight is 241 g/mol. The van der Waals surface area contributed by atoms with Gasteiger partial charge in [0.1, 0.15) is 5.60 Å². The maximum atomic E-state index is 12.0. The van der Waals surface area contributed by atoms with Crippen molar-refractivity contribution in [3.8, 4) is 0 Å². The van der Waals surface area contributed by atoms with Crippen molar-refractivity contribution in [3.05, 3.63) is 0 Å². The van der Waals surface area contributed by atoms with Gasteiger partial charge in [-0.15, -0.1) is 0 Å². The van der Waals surface area contributed by atoms with Crippen molar-refractivity contribution in [1.82, 2.24) is 4.90 Å². The Balaban J connectivity index is 2.05. The number of nitrogens with zero attached hydrogens (tertiary/aromatic N) is 1. The van der Waals surface area contributed by atoms with Gasteiger partial charge in [0.2, 0.25) is 0 Å². The Morgan fingerprint density at radius 1 is 1.35 bits per heavy atom. The first-order valence-electron chi connectivity index (χ1n) is 6.57. The summed E-state index contributed by atoms with van der Waals surface area (Å²) in [5.74, 6) is -0.0265. The van der Waals surface area contributed by atoms with Crippen LogP contribution < -0.4 is 0 Å². The average Bonchev–Trinajstić information content (AvgIpc) is 2.25. The molecule has 1 aliphatic heterocycles. The number of aliphatic hydroxyl groups is 2. The second kappa shape index (κ2) is 4.25. The first-order valence-corrected chi connectivity index (χ1v) is 6.57. The van der Waals surface area contributed by atoms with Gasteiger partial charge in [-0.05, 0) is 33.1 Å². The van der Waals surface area contributed by atoms with Crippen LogP contribution in [0.15, 0.2) is 0 Å². The maximum Gasteiger partial charge on any atom is 0.253 e. The number of rotatable bonds is 1. The van der Waals surface area contributed by atoms with Crippen LogP contribution in [0, 0.1) is 5.92 Å². The summed E-state index contributed by atoms with van der Waals surface area (Å²) in [7, 11) is 0. The van der Waals surface area contributed by atoms with Crippen molar-refractivity contribution < 1.29 is 15.0 Å². The van der Waals surface area contributed by atoms with E-state index in [4.69, 9.17) is 0 Å². The summed E-state index contributed by atoms with van der Waals surface area (Å²) in [6.45, 7) is 4.21. The van der Waals surface area contributed by atoms with E-state index in [2.05, 4.69) is 0 Å². The molecule has 2 rings (SSSR count). The van der Waals surface area contributed by atoms with E-state index < -0.39 is 11.2 Å². The number of hydrogen-bond donors (Lipinski definition) is 2. The van der Waals surface area contributed by atoms with Crippen molar-refractivity contribution in [2.45, 2.75) is 57.2 Å². The number of carbonyl (C=O) groups excluding carboxylic acids is 1. The zero-order valence-corrected chi connectivity index (χ0v) is 10.8. The highest BCUT2D eigenvalue weighted by molar-refractivity contribution is 5.84. The fraction of sp³-hybridized carbons (Fsp3) is 0.923. The number of amides is 1. The van der Waals surface area contributed by atoms with Crippen LogP contribution >= 0.6 is 0 Å². The Bertz CT molecular complexity index is 310. The lowest BCUT2D eigenvalue weighted by atomic mass is 9.71. The highest BCUT2D eigenvalue weighted by atomic mass is 16.3. The minimum Gasteiger partial charge on any atom is -0.389 e. The fourth-order valence-electron chi connectivity index (χ4n) is 3.14. The van der Waals surface area contributed by atoms with Gasteiger partial charge in [0.25, 0.3) is 5.91 Å². The lowest BCUT2D eigenvalue weighted by molar-refractivity contribution is -0.158. The zero-order chi connectivity index (χ0) is 12.7. The van der Waals surface area contributed by atoms with Crippen molar-refractivity contribution in [3.63, 3.8) is 0 Å². The van der Waals surface area contributed by atoms with E-state index in [9.17, 15) is 15.0 Å². The van der Waals surface area contributed by atoms with Gasteiger partial charge in [-0.2, -0.15) is 0 Å². The molecule has 1 heterocycles. The number of piperidine rings is 1. The Morgan fingerprint density at radius 3 is 2.71 bits per heavy atom. The van der Waals surface area contributed by atoms with Crippen LogP contribution in [0.2, 0.25) is 0 Å². The fourth-order valence-corrected chi connectivity index (χ4v) is 3.14. The minimum atomic E-state index is -1.30. The molecule has 4 nitrogen and oxygen atoms in total. The van der Waals surface area contributed by atoms with E-state index in [1.807, 2.05) is 0 Å². The third-order valence-corrected chi connectivity index (χ3v) is 4.24. The van der Waals surface area contributed by atoms with Gasteiger partial charge in [0.15, 0.2) is 0 Å². The van der Waals surface area contributed by atoms with Crippen molar-refractivity contribution >= 4 is 5.91 Å². The molecule has 0 bridgehead atoms. The van der Waals surface area contributed by atoms with E-state index in [0.29, 0.717) is 19.5 Å². The van der Waals surface area contributed by atoms with E-state index in [0.717, 1.165) is 25.7 Å². The molecule has 0 aromatic rings. The standard InChI is InChI=1S/C13H23NO3/c1-12(2,16)11(15)14-8-7-13(17)6-4-3-5-10(13)9-14/h10,16-17H,3-9H2,1-2H3. The third-order valence-electron chi connectivity index (χ3n) is 4.24. The van der Waals surface area contributed by atoms with E-state index in [-0.39, 0.29) is 11.8 Å². The molecule has 0 aromatic heterocycles. The molecule has 2 unspecified atom stereocenters. The number of fused-ring (bicyclic) bond motifs is 1. The molecule has 2 atom stereocenters. The second-order valence-corrected chi connectivity index (χ2v) is 6.11. The Labute approximate surface area is 103 Å². The number of carbonyl (C=O) groups is 1. The van der Waals surface area contributed by atoms with Crippen LogP contribution in [0.25, 0.3) is 0 Å². The summed E-state index contributed by atoms with van der Waals surface area (Å²) in [5, 5.41) is 20.2. The highest BCUT2D eigenvalue weighted by Crippen LogP contribution is 2.40. The summed E-state index contributed by atoms with van der Waals surface area (Å²) < 4.78 is 0. The third kappa shape index (κ3) is 2.47. The molecule has 98 valence electrons. The quantitative estimate of drug-likeness (QED) is 0.717. The first-order chi connectivity index (χ1) is 7.83. The molecule has 1 saturated carbocycles. The first kappa shape index (κ1) is 12.8. The highest BCUT2D eigenvalue weighted by Gasteiger charge is 2.45. The molecule has 1 amide bonds. The Kier molecular flexibility index (Phi) is 3.21. The van der Waals surface area contributed by atoms with Crippen LogP contribution in [0.3, 0.4) is 0 Å². The van der Waals surface area contributed by atoms with Crippen molar-refractivity contribution in [2.24, 2.45) is 5.92 Å². The van der Waals surface area contributed by atoms with Crippen molar-refractivity contribution in [2.75, 3.05) is 13.1 Å². The molecular formula is C13H23NO3. The van der Waals surface area contributed by atoms with Crippen LogP contribution in [0.4, 0.5) is 0 Å². The molecule has 1 aliphatic carbocycles.